The summed E-state index contributed by atoms with van der Waals surface area (Å²) >= 11 is 2.84. The molecule has 0 saturated carbocycles. The van der Waals surface area contributed by atoms with Crippen molar-refractivity contribution in [2.75, 3.05) is 7.05 Å². The number of hydrogen-bond donors (Lipinski definition) is 1. The van der Waals surface area contributed by atoms with E-state index in [-0.39, 0.29) is 29.7 Å². The number of thiophene rings is 1. The maximum Gasteiger partial charge on any atom is 0.290 e. The molecule has 4 heterocycles. The third-order valence-electron chi connectivity index (χ3n) is 5.15. The molecule has 0 unspecified atom stereocenters. The van der Waals surface area contributed by atoms with Gasteiger partial charge in [-0.15, -0.1) is 22.7 Å². The van der Waals surface area contributed by atoms with E-state index < -0.39 is 0 Å². The van der Waals surface area contributed by atoms with Gasteiger partial charge in [0.05, 0.1) is 11.3 Å². The zero-order valence-corrected chi connectivity index (χ0v) is 19.4. The van der Waals surface area contributed by atoms with E-state index in [1.165, 1.54) is 46.9 Å². The van der Waals surface area contributed by atoms with Crippen molar-refractivity contribution >= 4 is 34.2 Å². The summed E-state index contributed by atoms with van der Waals surface area (Å²) in [5.74, 6) is 0.706. The van der Waals surface area contributed by atoms with E-state index >= 15 is 0 Å². The summed E-state index contributed by atoms with van der Waals surface area (Å²) in [6, 6.07) is 11.1. The largest absolute Gasteiger partial charge is 0.504 e. The minimum Gasteiger partial charge on any atom is -0.504 e. The molecule has 0 bridgehead atoms. The number of aliphatic hydroxyl groups is 1. The van der Waals surface area contributed by atoms with Crippen LogP contribution in [0.4, 0.5) is 4.39 Å². The van der Waals surface area contributed by atoms with Gasteiger partial charge in [-0.1, -0.05) is 0 Å². The molecule has 0 spiro atoms. The highest BCUT2D eigenvalue weighted by Crippen LogP contribution is 2.36. The number of fused-ring (bicyclic) bond motifs is 1. The highest BCUT2D eigenvalue weighted by Gasteiger charge is 2.29. The number of halogens is 1. The molecule has 168 valence electrons. The summed E-state index contributed by atoms with van der Waals surface area (Å²) in [6.07, 6.45) is 0.0771. The lowest BCUT2D eigenvalue weighted by Crippen LogP contribution is -2.29. The van der Waals surface area contributed by atoms with Gasteiger partial charge in [0.2, 0.25) is 0 Å². The van der Waals surface area contributed by atoms with E-state index in [9.17, 15) is 14.3 Å². The molecule has 0 amide bonds. The smallest absolute Gasteiger partial charge is 0.290 e. The minimum atomic E-state index is -0.346. The Morgan fingerprint density at radius 3 is 2.85 bits per heavy atom. The molecule has 0 saturated heterocycles. The lowest BCUT2D eigenvalue weighted by molar-refractivity contribution is -0.116. The van der Waals surface area contributed by atoms with Crippen LogP contribution in [0.25, 0.3) is 17.2 Å². The third kappa shape index (κ3) is 4.29. The molecule has 9 heteroatoms. The Morgan fingerprint density at radius 1 is 1.27 bits per heavy atom. The third-order valence-corrected chi connectivity index (χ3v) is 7.10. The summed E-state index contributed by atoms with van der Waals surface area (Å²) < 4.78 is 24.3. The van der Waals surface area contributed by atoms with Crippen molar-refractivity contribution in [2.45, 2.75) is 19.9 Å². The normalized spacial score (nSPS) is 13.4. The first-order valence-corrected chi connectivity index (χ1v) is 11.8. The highest BCUT2D eigenvalue weighted by molar-refractivity contribution is 7.13. The first-order valence-electron chi connectivity index (χ1n) is 10.1. The molecule has 1 N–H and O–H groups in total. The number of aryl methyl sites for hydroxylation is 1. The van der Waals surface area contributed by atoms with E-state index in [0.29, 0.717) is 34.5 Å². The Balaban J connectivity index is 1.31. The second-order valence-corrected chi connectivity index (χ2v) is 9.86. The van der Waals surface area contributed by atoms with Crippen molar-refractivity contribution in [2.24, 2.45) is 0 Å². The number of benzene rings is 1. The minimum absolute atomic E-state index is 0.0345. The van der Waals surface area contributed by atoms with Crippen LogP contribution in [0.2, 0.25) is 0 Å². The van der Waals surface area contributed by atoms with Gasteiger partial charge in [0.1, 0.15) is 28.0 Å². The van der Waals surface area contributed by atoms with Gasteiger partial charge in [0, 0.05) is 29.9 Å². The second-order valence-electron chi connectivity index (χ2n) is 7.67. The summed E-state index contributed by atoms with van der Waals surface area (Å²) in [5.41, 5.74) is 1.93. The molecule has 0 fully saturated rings. The topological polar surface area (TPSA) is 75.8 Å². The standard InChI is InChI=1S/C24H19FN2O4S2/c1-13-9-14-11-27(2)22(23(29)24(14)33-13)18(28)10-20-26-17(12-32-20)19-7-8-21(31-19)30-16-5-3-15(25)4-6-16/h3-9,12,29H,10-11H2,1-2H3. The number of Topliss-reactive ketones (excluding diaryl/α,β-unsaturated/α-hetero) is 1. The first-order chi connectivity index (χ1) is 15.9. The maximum absolute atomic E-state index is 13.0. The van der Waals surface area contributed by atoms with Crippen LogP contribution in [0.15, 0.2) is 58.0 Å². The van der Waals surface area contributed by atoms with Gasteiger partial charge < -0.3 is 19.2 Å². The zero-order valence-electron chi connectivity index (χ0n) is 17.8. The zero-order chi connectivity index (χ0) is 23.1. The van der Waals surface area contributed by atoms with Crippen molar-refractivity contribution in [1.29, 1.82) is 0 Å². The summed E-state index contributed by atoms with van der Waals surface area (Å²) in [7, 11) is 1.80. The highest BCUT2D eigenvalue weighted by atomic mass is 32.1. The Hall–Kier alpha value is -3.43. The number of thiazole rings is 1. The fraction of sp³-hybridized carbons (Fsp3) is 0.167. The number of ketones is 1. The number of hydrogen-bond acceptors (Lipinski definition) is 8. The van der Waals surface area contributed by atoms with Gasteiger partial charge in [-0.2, -0.15) is 0 Å². The SMILES string of the molecule is Cc1cc2c(s1)C(O)=C(C(=O)Cc1nc(-c3ccc(Oc4ccc(F)cc4)o3)cs1)N(C)C2. The average Bonchev–Trinajstić information content (AvgIpc) is 3.49. The van der Waals surface area contributed by atoms with Crippen molar-refractivity contribution in [3.63, 3.8) is 0 Å². The summed E-state index contributed by atoms with van der Waals surface area (Å²) in [4.78, 5) is 21.2. The predicted molar refractivity (Wildman–Crippen MR) is 125 cm³/mol. The number of ether oxygens (including phenoxy) is 1. The lowest BCUT2D eigenvalue weighted by atomic mass is 10.0. The second kappa shape index (κ2) is 8.49. The fourth-order valence-corrected chi connectivity index (χ4v) is 5.46. The van der Waals surface area contributed by atoms with Crippen LogP contribution in [-0.2, 0) is 17.8 Å². The molecule has 6 nitrogen and oxygen atoms in total. The predicted octanol–water partition coefficient (Wildman–Crippen LogP) is 6.19. The van der Waals surface area contributed by atoms with Gasteiger partial charge in [0.25, 0.3) is 5.95 Å². The van der Waals surface area contributed by atoms with E-state index in [4.69, 9.17) is 9.15 Å². The number of rotatable bonds is 6. The number of aliphatic hydroxyl groups excluding tert-OH is 1. The number of allylic oxidation sites excluding steroid dienone is 1. The summed E-state index contributed by atoms with van der Waals surface area (Å²) in [6.45, 7) is 2.57. The van der Waals surface area contributed by atoms with Gasteiger partial charge in [0.15, 0.2) is 17.3 Å². The molecular weight excluding hydrogens is 463 g/mol. The van der Waals surface area contributed by atoms with Crippen molar-refractivity contribution < 1.29 is 23.4 Å². The Morgan fingerprint density at radius 2 is 2.06 bits per heavy atom. The van der Waals surface area contributed by atoms with Crippen molar-refractivity contribution in [1.82, 2.24) is 9.88 Å². The van der Waals surface area contributed by atoms with E-state index in [1.54, 1.807) is 24.1 Å². The van der Waals surface area contributed by atoms with Crippen LogP contribution in [0.5, 0.6) is 11.7 Å². The van der Waals surface area contributed by atoms with Crippen LogP contribution in [-0.4, -0.2) is 27.8 Å². The molecule has 5 rings (SSSR count). The average molecular weight is 483 g/mol. The van der Waals surface area contributed by atoms with Gasteiger partial charge in [-0.25, -0.2) is 9.37 Å². The molecular formula is C24H19FN2O4S2. The molecule has 1 aromatic carbocycles. The molecule has 33 heavy (non-hydrogen) atoms. The summed E-state index contributed by atoms with van der Waals surface area (Å²) in [5, 5.41) is 13.2. The van der Waals surface area contributed by atoms with Crippen LogP contribution >= 0.6 is 22.7 Å². The first kappa shape index (κ1) is 21.4. The number of carbonyl (C=O) groups is 1. The van der Waals surface area contributed by atoms with E-state index in [0.717, 1.165) is 15.3 Å². The number of nitrogens with zero attached hydrogens (tertiary/aromatic N) is 2. The van der Waals surface area contributed by atoms with Gasteiger partial charge >= 0.3 is 0 Å². The maximum atomic E-state index is 13.0. The molecule has 0 atom stereocenters. The van der Waals surface area contributed by atoms with E-state index in [2.05, 4.69) is 4.98 Å². The van der Waals surface area contributed by atoms with Crippen LogP contribution in [0.1, 0.15) is 20.3 Å². The number of likely N-dealkylation sites (N-methyl/N-ethyl adjacent to an activating group) is 1. The molecule has 4 aromatic rings. The van der Waals surface area contributed by atoms with Gasteiger partial charge in [-0.3, -0.25) is 4.79 Å². The number of carbonyl (C=O) groups excluding carboxylic acids is 1. The monoisotopic (exact) mass is 482 g/mol. The van der Waals surface area contributed by atoms with Crippen LogP contribution < -0.4 is 4.74 Å². The molecule has 0 radical (unpaired) electrons. The van der Waals surface area contributed by atoms with Crippen LogP contribution in [0.3, 0.4) is 0 Å². The quantitative estimate of drug-likeness (QED) is 0.353. The molecule has 1 aliphatic heterocycles. The van der Waals surface area contributed by atoms with Crippen molar-refractivity contribution in [3.05, 3.63) is 79.7 Å². The van der Waals surface area contributed by atoms with Crippen LogP contribution in [0, 0.1) is 12.7 Å². The Bertz CT molecular complexity index is 1370. The molecule has 1 aliphatic rings. The Kier molecular flexibility index (Phi) is 5.51. The van der Waals surface area contributed by atoms with Gasteiger partial charge in [-0.05, 0) is 48.9 Å². The van der Waals surface area contributed by atoms with E-state index in [1.807, 2.05) is 18.4 Å². The molecule has 3 aromatic heterocycles. The number of furan rings is 1. The van der Waals surface area contributed by atoms with Crippen molar-refractivity contribution in [3.8, 4) is 23.1 Å². The molecule has 0 aliphatic carbocycles. The number of aromatic nitrogens is 1. The lowest BCUT2D eigenvalue weighted by Gasteiger charge is -2.27. The Labute approximate surface area is 197 Å². The fourth-order valence-electron chi connectivity index (χ4n) is 3.71.